The van der Waals surface area contributed by atoms with Gasteiger partial charge in [0, 0.05) is 22.2 Å². The molecule has 0 fully saturated rings. The monoisotopic (exact) mass is 398 g/mol. The van der Waals surface area contributed by atoms with Gasteiger partial charge in [0.2, 0.25) is 0 Å². The van der Waals surface area contributed by atoms with Gasteiger partial charge in [-0.3, -0.25) is 4.79 Å². The zero-order valence-electron chi connectivity index (χ0n) is 15.7. The van der Waals surface area contributed by atoms with Gasteiger partial charge in [-0.15, -0.1) is 0 Å². The third-order valence-corrected chi connectivity index (χ3v) is 4.54. The molecule has 0 saturated heterocycles. The Bertz CT molecular complexity index is 1070. The number of benzene rings is 2. The SMILES string of the molecule is COC(=O)c1cc(OCC(=O)Nc2ccc(C)c(Cl)c2)c2cc(C)ccc2n1. The maximum atomic E-state index is 12.3. The number of pyridine rings is 1. The summed E-state index contributed by atoms with van der Waals surface area (Å²) in [4.78, 5) is 28.4. The predicted octanol–water partition coefficient (Wildman–Crippen LogP) is 4.31. The van der Waals surface area contributed by atoms with Crippen molar-refractivity contribution in [2.24, 2.45) is 0 Å². The minimum atomic E-state index is -0.578. The van der Waals surface area contributed by atoms with Gasteiger partial charge in [0.1, 0.15) is 5.75 Å². The molecule has 28 heavy (non-hydrogen) atoms. The maximum Gasteiger partial charge on any atom is 0.356 e. The lowest BCUT2D eigenvalue weighted by molar-refractivity contribution is -0.118. The maximum absolute atomic E-state index is 12.3. The Balaban J connectivity index is 1.82. The van der Waals surface area contributed by atoms with Crippen LogP contribution in [0.25, 0.3) is 10.9 Å². The van der Waals surface area contributed by atoms with E-state index in [9.17, 15) is 9.59 Å². The number of rotatable bonds is 5. The van der Waals surface area contributed by atoms with Crippen LogP contribution in [0, 0.1) is 13.8 Å². The van der Waals surface area contributed by atoms with Crippen LogP contribution in [0.5, 0.6) is 5.75 Å². The molecule has 1 heterocycles. The summed E-state index contributed by atoms with van der Waals surface area (Å²) in [7, 11) is 1.28. The van der Waals surface area contributed by atoms with Crippen molar-refractivity contribution in [3.05, 3.63) is 64.3 Å². The second kappa shape index (κ2) is 8.27. The first-order valence-electron chi connectivity index (χ1n) is 8.56. The quantitative estimate of drug-likeness (QED) is 0.648. The number of aryl methyl sites for hydroxylation is 2. The molecule has 1 N–H and O–H groups in total. The predicted molar refractivity (Wildman–Crippen MR) is 108 cm³/mol. The number of fused-ring (bicyclic) bond motifs is 1. The highest BCUT2D eigenvalue weighted by atomic mass is 35.5. The van der Waals surface area contributed by atoms with E-state index in [4.69, 9.17) is 21.1 Å². The van der Waals surface area contributed by atoms with E-state index in [2.05, 4.69) is 10.3 Å². The Labute approximate surface area is 167 Å². The first kappa shape index (κ1) is 19.6. The Morgan fingerprint density at radius 1 is 1.11 bits per heavy atom. The van der Waals surface area contributed by atoms with Gasteiger partial charge in [0.05, 0.1) is 12.6 Å². The smallest absolute Gasteiger partial charge is 0.356 e. The number of anilines is 1. The van der Waals surface area contributed by atoms with Crippen LogP contribution < -0.4 is 10.1 Å². The number of hydrogen-bond donors (Lipinski definition) is 1. The summed E-state index contributed by atoms with van der Waals surface area (Å²) in [5, 5.41) is 4.01. The number of aromatic nitrogens is 1. The van der Waals surface area contributed by atoms with E-state index >= 15 is 0 Å². The molecule has 0 aliphatic carbocycles. The second-order valence-corrected chi connectivity index (χ2v) is 6.73. The van der Waals surface area contributed by atoms with Crippen LogP contribution in [0.15, 0.2) is 42.5 Å². The summed E-state index contributed by atoms with van der Waals surface area (Å²) in [6.07, 6.45) is 0. The molecule has 3 rings (SSSR count). The van der Waals surface area contributed by atoms with Gasteiger partial charge in [-0.2, -0.15) is 0 Å². The van der Waals surface area contributed by atoms with Crippen molar-refractivity contribution in [2.75, 3.05) is 19.0 Å². The van der Waals surface area contributed by atoms with Gasteiger partial charge in [-0.25, -0.2) is 9.78 Å². The Hall–Kier alpha value is -3.12. The molecule has 0 aliphatic rings. The van der Waals surface area contributed by atoms with Crippen LogP contribution in [-0.2, 0) is 9.53 Å². The fourth-order valence-corrected chi connectivity index (χ4v) is 2.83. The van der Waals surface area contributed by atoms with Crippen LogP contribution in [0.2, 0.25) is 5.02 Å². The summed E-state index contributed by atoms with van der Waals surface area (Å²) in [5.74, 6) is -0.547. The Morgan fingerprint density at radius 3 is 2.61 bits per heavy atom. The summed E-state index contributed by atoms with van der Waals surface area (Å²) < 4.78 is 10.4. The van der Waals surface area contributed by atoms with Crippen molar-refractivity contribution in [3.8, 4) is 5.75 Å². The minimum Gasteiger partial charge on any atom is -0.483 e. The molecule has 0 radical (unpaired) electrons. The molecule has 0 atom stereocenters. The summed E-state index contributed by atoms with van der Waals surface area (Å²) in [6, 6.07) is 12.3. The molecule has 6 nitrogen and oxygen atoms in total. The Kier molecular flexibility index (Phi) is 5.80. The van der Waals surface area contributed by atoms with Gasteiger partial charge in [-0.05, 0) is 43.7 Å². The van der Waals surface area contributed by atoms with Crippen molar-refractivity contribution >= 4 is 40.1 Å². The van der Waals surface area contributed by atoms with E-state index in [1.807, 2.05) is 32.0 Å². The summed E-state index contributed by atoms with van der Waals surface area (Å²) in [5.41, 5.74) is 3.19. The average molecular weight is 399 g/mol. The Morgan fingerprint density at radius 2 is 1.89 bits per heavy atom. The molecule has 0 bridgehead atoms. The number of halogens is 1. The molecule has 144 valence electrons. The van der Waals surface area contributed by atoms with Crippen molar-refractivity contribution in [2.45, 2.75) is 13.8 Å². The van der Waals surface area contributed by atoms with Crippen LogP contribution in [0.3, 0.4) is 0 Å². The average Bonchev–Trinajstić information content (AvgIpc) is 2.68. The van der Waals surface area contributed by atoms with E-state index in [0.717, 1.165) is 11.1 Å². The molecule has 1 aromatic heterocycles. The molecular formula is C21H19ClN2O4. The number of nitrogens with zero attached hydrogens (tertiary/aromatic N) is 1. The highest BCUT2D eigenvalue weighted by molar-refractivity contribution is 6.31. The van der Waals surface area contributed by atoms with Crippen molar-refractivity contribution in [3.63, 3.8) is 0 Å². The number of carbonyl (C=O) groups is 2. The van der Waals surface area contributed by atoms with Crippen molar-refractivity contribution < 1.29 is 19.1 Å². The van der Waals surface area contributed by atoms with E-state index < -0.39 is 5.97 Å². The van der Waals surface area contributed by atoms with Gasteiger partial charge in [-0.1, -0.05) is 29.3 Å². The van der Waals surface area contributed by atoms with Gasteiger partial charge in [0.15, 0.2) is 12.3 Å². The van der Waals surface area contributed by atoms with E-state index in [1.54, 1.807) is 18.2 Å². The number of esters is 1. The fraction of sp³-hybridized carbons (Fsp3) is 0.190. The summed E-state index contributed by atoms with van der Waals surface area (Å²) in [6.45, 7) is 3.58. The van der Waals surface area contributed by atoms with Crippen LogP contribution in [0.4, 0.5) is 5.69 Å². The normalized spacial score (nSPS) is 10.6. The lowest BCUT2D eigenvalue weighted by atomic mass is 10.1. The number of carbonyl (C=O) groups excluding carboxylic acids is 2. The lowest BCUT2D eigenvalue weighted by Gasteiger charge is -2.12. The molecule has 0 aliphatic heterocycles. The number of methoxy groups -OCH3 is 1. The van der Waals surface area contributed by atoms with Crippen molar-refractivity contribution in [1.29, 1.82) is 0 Å². The zero-order chi connectivity index (χ0) is 20.3. The van der Waals surface area contributed by atoms with Crippen molar-refractivity contribution in [1.82, 2.24) is 4.98 Å². The topological polar surface area (TPSA) is 77.5 Å². The highest BCUT2D eigenvalue weighted by Crippen LogP contribution is 2.27. The standard InChI is InChI=1S/C21H19ClN2O4/c1-12-4-7-17-15(8-12)19(10-18(24-17)21(26)27-3)28-11-20(25)23-14-6-5-13(2)16(22)9-14/h4-10H,11H2,1-3H3,(H,23,25). The number of amides is 1. The summed E-state index contributed by atoms with van der Waals surface area (Å²) >= 11 is 6.08. The first-order valence-corrected chi connectivity index (χ1v) is 8.93. The third kappa shape index (κ3) is 4.40. The highest BCUT2D eigenvalue weighted by Gasteiger charge is 2.15. The zero-order valence-corrected chi connectivity index (χ0v) is 16.5. The third-order valence-electron chi connectivity index (χ3n) is 4.14. The lowest BCUT2D eigenvalue weighted by Crippen LogP contribution is -2.20. The van der Waals surface area contributed by atoms with Crippen LogP contribution in [0.1, 0.15) is 21.6 Å². The van der Waals surface area contributed by atoms with Crippen LogP contribution >= 0.6 is 11.6 Å². The van der Waals surface area contributed by atoms with E-state index in [1.165, 1.54) is 13.2 Å². The molecule has 3 aromatic rings. The van der Waals surface area contributed by atoms with E-state index in [-0.39, 0.29) is 18.2 Å². The number of ether oxygens (including phenoxy) is 2. The van der Waals surface area contributed by atoms with Crippen LogP contribution in [-0.4, -0.2) is 30.6 Å². The van der Waals surface area contributed by atoms with E-state index in [0.29, 0.717) is 27.4 Å². The number of hydrogen-bond acceptors (Lipinski definition) is 5. The van der Waals surface area contributed by atoms with Gasteiger partial charge >= 0.3 is 5.97 Å². The molecule has 0 spiro atoms. The van der Waals surface area contributed by atoms with Gasteiger partial charge in [0.25, 0.3) is 5.91 Å². The largest absolute Gasteiger partial charge is 0.483 e. The molecule has 0 unspecified atom stereocenters. The van der Waals surface area contributed by atoms with Gasteiger partial charge < -0.3 is 14.8 Å². The minimum absolute atomic E-state index is 0.111. The fourth-order valence-electron chi connectivity index (χ4n) is 2.65. The second-order valence-electron chi connectivity index (χ2n) is 6.32. The first-order chi connectivity index (χ1) is 13.4. The molecule has 1 amide bonds. The molecule has 2 aromatic carbocycles. The molecular weight excluding hydrogens is 380 g/mol. The number of nitrogens with one attached hydrogen (secondary N) is 1. The molecule has 0 saturated carbocycles. The molecule has 7 heteroatoms.